The maximum atomic E-state index is 13.7. The molecule has 0 fully saturated rings. The molecule has 7 heteroatoms. The lowest BCUT2D eigenvalue weighted by Gasteiger charge is -2.24. The number of carboxylic acids is 1. The van der Waals surface area contributed by atoms with Gasteiger partial charge < -0.3 is 5.11 Å². The predicted molar refractivity (Wildman–Crippen MR) is 91.8 cm³/mol. The normalized spacial score (nSPS) is 14.6. The zero-order valence-electron chi connectivity index (χ0n) is 14.8. The average Bonchev–Trinajstić information content (AvgIpc) is 2.57. The number of carbonyl (C=O) groups is 1. The van der Waals surface area contributed by atoms with Gasteiger partial charge in [0.25, 0.3) is 0 Å². The molecule has 0 amide bonds. The Morgan fingerprint density at radius 1 is 1.00 bits per heavy atom. The summed E-state index contributed by atoms with van der Waals surface area (Å²) in [6.07, 6.45) is -3.05. The van der Waals surface area contributed by atoms with Gasteiger partial charge in [-0.3, -0.25) is 0 Å². The molecule has 2 aromatic rings. The van der Waals surface area contributed by atoms with Crippen molar-refractivity contribution in [2.45, 2.75) is 45.0 Å². The van der Waals surface area contributed by atoms with Crippen molar-refractivity contribution >= 4 is 5.97 Å². The molecule has 0 saturated heterocycles. The molecule has 2 atom stereocenters. The third kappa shape index (κ3) is 4.84. The van der Waals surface area contributed by atoms with Crippen molar-refractivity contribution < 1.29 is 31.9 Å². The van der Waals surface area contributed by atoms with Crippen molar-refractivity contribution in [1.29, 1.82) is 0 Å². The minimum atomic E-state index is -1.65. The van der Waals surface area contributed by atoms with Crippen LogP contribution in [0.1, 0.15) is 48.5 Å². The predicted octanol–water partition coefficient (Wildman–Crippen LogP) is 6.05. The standard InChI is InChI=1S/C20H19F5O2/c1-10(21)6-13(7-11(2)22)18-14(4-3-5-15(18)20(26)27)12-8-16(23)19(25)17(24)9-12/h3-5,8-11,13H,6-7H2,1-2H3,(H,26,27). The van der Waals surface area contributed by atoms with E-state index in [1.165, 1.54) is 32.0 Å². The first-order valence-corrected chi connectivity index (χ1v) is 8.41. The van der Waals surface area contributed by atoms with Gasteiger partial charge in [0.05, 0.1) is 17.9 Å². The Morgan fingerprint density at radius 2 is 1.52 bits per heavy atom. The van der Waals surface area contributed by atoms with Crippen LogP contribution in [0.4, 0.5) is 22.0 Å². The van der Waals surface area contributed by atoms with E-state index in [9.17, 15) is 31.9 Å². The van der Waals surface area contributed by atoms with E-state index in [1.54, 1.807) is 0 Å². The smallest absolute Gasteiger partial charge is 0.335 e. The van der Waals surface area contributed by atoms with Gasteiger partial charge in [0.2, 0.25) is 0 Å². The van der Waals surface area contributed by atoms with Crippen LogP contribution in [0.3, 0.4) is 0 Å². The molecule has 0 aliphatic heterocycles. The van der Waals surface area contributed by atoms with Gasteiger partial charge in [-0.05, 0) is 67.5 Å². The van der Waals surface area contributed by atoms with E-state index in [1.807, 2.05) is 0 Å². The topological polar surface area (TPSA) is 37.3 Å². The quantitative estimate of drug-likeness (QED) is 0.465. The summed E-state index contributed by atoms with van der Waals surface area (Å²) in [6.45, 7) is 2.52. The molecule has 0 aliphatic carbocycles. The summed E-state index contributed by atoms with van der Waals surface area (Å²) >= 11 is 0. The van der Waals surface area contributed by atoms with Crippen LogP contribution >= 0.6 is 0 Å². The van der Waals surface area contributed by atoms with Crippen molar-refractivity contribution in [3.63, 3.8) is 0 Å². The Balaban J connectivity index is 2.75. The number of alkyl halides is 2. The molecule has 0 aliphatic rings. The van der Waals surface area contributed by atoms with Gasteiger partial charge in [-0.2, -0.15) is 0 Å². The fourth-order valence-electron chi connectivity index (χ4n) is 3.27. The number of benzene rings is 2. The molecule has 27 heavy (non-hydrogen) atoms. The third-order valence-corrected chi connectivity index (χ3v) is 4.26. The molecule has 0 bridgehead atoms. The van der Waals surface area contributed by atoms with E-state index in [2.05, 4.69) is 0 Å². The van der Waals surface area contributed by atoms with Crippen molar-refractivity contribution in [1.82, 2.24) is 0 Å². The number of halogens is 5. The minimum Gasteiger partial charge on any atom is -0.478 e. The van der Waals surface area contributed by atoms with Crippen molar-refractivity contribution in [3.05, 3.63) is 58.9 Å². The number of aromatic carboxylic acids is 1. The summed E-state index contributed by atoms with van der Waals surface area (Å²) < 4.78 is 68.1. The van der Waals surface area contributed by atoms with Crippen LogP contribution in [0.15, 0.2) is 30.3 Å². The van der Waals surface area contributed by atoms with Crippen LogP contribution in [-0.4, -0.2) is 23.4 Å². The highest BCUT2D eigenvalue weighted by atomic mass is 19.2. The molecular weight excluding hydrogens is 367 g/mol. The van der Waals surface area contributed by atoms with E-state index < -0.39 is 41.7 Å². The SMILES string of the molecule is CC(F)CC(CC(C)F)c1c(C(=O)O)cccc1-c1cc(F)c(F)c(F)c1. The van der Waals surface area contributed by atoms with Crippen LogP contribution < -0.4 is 0 Å². The van der Waals surface area contributed by atoms with E-state index in [-0.39, 0.29) is 35.1 Å². The highest BCUT2D eigenvalue weighted by Crippen LogP contribution is 2.38. The summed E-state index contributed by atoms with van der Waals surface area (Å²) in [4.78, 5) is 11.7. The van der Waals surface area contributed by atoms with Gasteiger partial charge >= 0.3 is 5.97 Å². The van der Waals surface area contributed by atoms with Gasteiger partial charge in [0, 0.05) is 0 Å². The minimum absolute atomic E-state index is 0.0735. The fourth-order valence-corrected chi connectivity index (χ4v) is 3.27. The third-order valence-electron chi connectivity index (χ3n) is 4.26. The van der Waals surface area contributed by atoms with Gasteiger partial charge in [-0.1, -0.05) is 12.1 Å². The lowest BCUT2D eigenvalue weighted by Crippen LogP contribution is -2.15. The summed E-state index contributed by atoms with van der Waals surface area (Å²) in [7, 11) is 0. The lowest BCUT2D eigenvalue weighted by atomic mass is 9.81. The van der Waals surface area contributed by atoms with Gasteiger partial charge in [-0.25, -0.2) is 26.7 Å². The lowest BCUT2D eigenvalue weighted by molar-refractivity contribution is 0.0694. The number of hydrogen-bond donors (Lipinski definition) is 1. The van der Waals surface area contributed by atoms with E-state index in [0.717, 1.165) is 12.1 Å². The first kappa shape index (κ1) is 20.9. The molecular formula is C20H19F5O2. The zero-order valence-corrected chi connectivity index (χ0v) is 14.8. The van der Waals surface area contributed by atoms with Gasteiger partial charge in [0.1, 0.15) is 0 Å². The summed E-state index contributed by atoms with van der Waals surface area (Å²) in [5, 5.41) is 9.51. The number of rotatable bonds is 7. The summed E-state index contributed by atoms with van der Waals surface area (Å²) in [6, 6.07) is 5.48. The van der Waals surface area contributed by atoms with Crippen LogP contribution in [-0.2, 0) is 0 Å². The van der Waals surface area contributed by atoms with Crippen LogP contribution in [0, 0.1) is 17.5 Å². The molecule has 146 valence electrons. The number of carboxylic acid groups (broad SMARTS) is 1. The fraction of sp³-hybridized carbons (Fsp3) is 0.350. The Morgan fingerprint density at radius 3 is 1.96 bits per heavy atom. The van der Waals surface area contributed by atoms with Crippen LogP contribution in [0.25, 0.3) is 11.1 Å². The molecule has 1 N–H and O–H groups in total. The van der Waals surface area contributed by atoms with Crippen LogP contribution in [0.2, 0.25) is 0 Å². The Hall–Kier alpha value is -2.44. The first-order valence-electron chi connectivity index (χ1n) is 8.41. The second kappa shape index (κ2) is 8.50. The number of hydrogen-bond acceptors (Lipinski definition) is 1. The monoisotopic (exact) mass is 386 g/mol. The second-order valence-corrected chi connectivity index (χ2v) is 6.56. The zero-order chi connectivity index (χ0) is 20.3. The highest BCUT2D eigenvalue weighted by molar-refractivity contribution is 5.92. The van der Waals surface area contributed by atoms with E-state index >= 15 is 0 Å². The molecule has 2 aromatic carbocycles. The highest BCUT2D eigenvalue weighted by Gasteiger charge is 2.27. The van der Waals surface area contributed by atoms with Crippen molar-refractivity contribution in [2.24, 2.45) is 0 Å². The van der Waals surface area contributed by atoms with Gasteiger partial charge in [0.15, 0.2) is 17.5 Å². The summed E-state index contributed by atoms with van der Waals surface area (Å²) in [5.41, 5.74) is -0.153. The van der Waals surface area contributed by atoms with Crippen molar-refractivity contribution in [2.75, 3.05) is 0 Å². The van der Waals surface area contributed by atoms with Crippen molar-refractivity contribution in [3.8, 4) is 11.1 Å². The molecule has 0 spiro atoms. The largest absolute Gasteiger partial charge is 0.478 e. The molecule has 0 aromatic heterocycles. The molecule has 2 unspecified atom stereocenters. The molecule has 2 nitrogen and oxygen atoms in total. The Labute approximate surface area is 153 Å². The first-order chi connectivity index (χ1) is 12.6. The van der Waals surface area contributed by atoms with E-state index in [0.29, 0.717) is 0 Å². The molecule has 0 heterocycles. The second-order valence-electron chi connectivity index (χ2n) is 6.56. The molecule has 2 rings (SSSR count). The Bertz CT molecular complexity index is 800. The van der Waals surface area contributed by atoms with Gasteiger partial charge in [-0.15, -0.1) is 0 Å². The molecule has 0 saturated carbocycles. The van der Waals surface area contributed by atoms with Crippen LogP contribution in [0.5, 0.6) is 0 Å². The molecule has 0 radical (unpaired) electrons. The summed E-state index contributed by atoms with van der Waals surface area (Å²) in [5.74, 6) is -6.71. The van der Waals surface area contributed by atoms with E-state index in [4.69, 9.17) is 0 Å². The Kier molecular flexibility index (Phi) is 6.57. The maximum Gasteiger partial charge on any atom is 0.335 e. The maximum absolute atomic E-state index is 13.7. The average molecular weight is 386 g/mol.